The molecular formula is C22H19NO4S. The maximum atomic E-state index is 13.3. The van der Waals surface area contributed by atoms with Crippen molar-refractivity contribution in [1.29, 1.82) is 0 Å². The number of rotatable bonds is 5. The number of furan rings is 1. The Hall–Kier alpha value is -3.12. The Labute approximate surface area is 163 Å². The number of hydrogen-bond donors (Lipinski definition) is 0. The first-order chi connectivity index (χ1) is 13.4. The third kappa shape index (κ3) is 2.96. The summed E-state index contributed by atoms with van der Waals surface area (Å²) >= 11 is 0. The van der Waals surface area contributed by atoms with Crippen LogP contribution in [0.1, 0.15) is 24.2 Å². The van der Waals surface area contributed by atoms with Crippen molar-refractivity contribution in [2.75, 3.05) is 10.8 Å². The molecule has 0 unspecified atom stereocenters. The van der Waals surface area contributed by atoms with Gasteiger partial charge in [0.2, 0.25) is 0 Å². The van der Waals surface area contributed by atoms with Crippen LogP contribution < -0.4 is 4.31 Å². The smallest absolute Gasteiger partial charge is 0.264 e. The number of ketones is 1. The number of fused-ring (bicyclic) bond motifs is 3. The molecule has 0 atom stereocenters. The Morgan fingerprint density at radius 3 is 2.43 bits per heavy atom. The van der Waals surface area contributed by atoms with E-state index in [1.165, 1.54) is 23.4 Å². The SMILES string of the molecule is CCN(c1ccc2oc3ccccc3c2c1)S(=O)(=O)c1cccc(C(C)=O)c1. The number of anilines is 1. The van der Waals surface area contributed by atoms with E-state index in [4.69, 9.17) is 4.42 Å². The van der Waals surface area contributed by atoms with Gasteiger partial charge < -0.3 is 4.42 Å². The van der Waals surface area contributed by atoms with Gasteiger partial charge in [0, 0.05) is 22.9 Å². The van der Waals surface area contributed by atoms with E-state index in [1.807, 2.05) is 30.3 Å². The van der Waals surface area contributed by atoms with E-state index in [0.29, 0.717) is 16.8 Å². The first kappa shape index (κ1) is 18.3. The molecule has 0 N–H and O–H groups in total. The highest BCUT2D eigenvalue weighted by molar-refractivity contribution is 7.92. The third-order valence-electron chi connectivity index (χ3n) is 4.76. The van der Waals surface area contributed by atoms with E-state index < -0.39 is 10.0 Å². The molecule has 1 heterocycles. The van der Waals surface area contributed by atoms with Crippen molar-refractivity contribution in [2.45, 2.75) is 18.7 Å². The van der Waals surface area contributed by atoms with Gasteiger partial charge in [-0.15, -0.1) is 0 Å². The molecule has 28 heavy (non-hydrogen) atoms. The standard InChI is InChI=1S/C22H19NO4S/c1-3-23(28(25,26)18-8-6-7-16(13-18)15(2)24)17-11-12-22-20(14-17)19-9-4-5-10-21(19)27-22/h4-14H,3H2,1-2H3. The lowest BCUT2D eigenvalue weighted by molar-refractivity contribution is 0.101. The number of carbonyl (C=O) groups is 1. The summed E-state index contributed by atoms with van der Waals surface area (Å²) in [6.07, 6.45) is 0. The fourth-order valence-corrected chi connectivity index (χ4v) is 4.88. The number of hydrogen-bond acceptors (Lipinski definition) is 4. The van der Waals surface area contributed by atoms with Crippen molar-refractivity contribution in [3.05, 3.63) is 72.3 Å². The summed E-state index contributed by atoms with van der Waals surface area (Å²) in [5, 5.41) is 1.80. The van der Waals surface area contributed by atoms with Crippen LogP contribution in [-0.2, 0) is 10.0 Å². The van der Waals surface area contributed by atoms with E-state index in [0.717, 1.165) is 16.4 Å². The van der Waals surface area contributed by atoms with E-state index in [9.17, 15) is 13.2 Å². The Balaban J connectivity index is 1.85. The normalized spacial score (nSPS) is 11.8. The summed E-state index contributed by atoms with van der Waals surface area (Å²) < 4.78 is 33.7. The number of nitrogens with zero attached hydrogens (tertiary/aromatic N) is 1. The van der Waals surface area contributed by atoms with Gasteiger partial charge in [0.05, 0.1) is 10.6 Å². The zero-order valence-electron chi connectivity index (χ0n) is 15.5. The average Bonchev–Trinajstić information content (AvgIpc) is 3.06. The van der Waals surface area contributed by atoms with Crippen molar-refractivity contribution < 1.29 is 17.6 Å². The van der Waals surface area contributed by atoms with Crippen molar-refractivity contribution >= 4 is 43.4 Å². The number of Topliss-reactive ketones (excluding diaryl/α,β-unsaturated/α-hetero) is 1. The second-order valence-corrected chi connectivity index (χ2v) is 8.39. The van der Waals surface area contributed by atoms with Crippen molar-refractivity contribution in [2.24, 2.45) is 0 Å². The molecule has 4 aromatic rings. The number of para-hydroxylation sites is 1. The molecule has 142 valence electrons. The zero-order valence-corrected chi connectivity index (χ0v) is 16.4. The van der Waals surface area contributed by atoms with E-state index in [1.54, 1.807) is 31.2 Å². The maximum absolute atomic E-state index is 13.3. The van der Waals surface area contributed by atoms with Gasteiger partial charge in [0.1, 0.15) is 11.2 Å². The quantitative estimate of drug-likeness (QED) is 0.447. The largest absolute Gasteiger partial charge is 0.456 e. The summed E-state index contributed by atoms with van der Waals surface area (Å²) in [5.41, 5.74) is 2.38. The van der Waals surface area contributed by atoms with Gasteiger partial charge >= 0.3 is 0 Å². The fourth-order valence-electron chi connectivity index (χ4n) is 3.36. The minimum Gasteiger partial charge on any atom is -0.456 e. The van der Waals surface area contributed by atoms with E-state index >= 15 is 0 Å². The molecule has 6 heteroatoms. The van der Waals surface area contributed by atoms with Crippen LogP contribution in [0.15, 0.2) is 76.0 Å². The van der Waals surface area contributed by atoms with Gasteiger partial charge in [0.15, 0.2) is 5.78 Å². The average molecular weight is 393 g/mol. The maximum Gasteiger partial charge on any atom is 0.264 e. The lowest BCUT2D eigenvalue weighted by Crippen LogP contribution is -2.30. The van der Waals surface area contributed by atoms with Gasteiger partial charge in [-0.2, -0.15) is 0 Å². The van der Waals surface area contributed by atoms with Gasteiger partial charge in [0.25, 0.3) is 10.0 Å². The first-order valence-electron chi connectivity index (χ1n) is 8.97. The predicted octanol–water partition coefficient (Wildman–Crippen LogP) is 5.00. The minimum atomic E-state index is -3.81. The lowest BCUT2D eigenvalue weighted by Gasteiger charge is -2.23. The Bertz CT molecular complexity index is 1300. The molecule has 0 aliphatic carbocycles. The summed E-state index contributed by atoms with van der Waals surface area (Å²) in [6.45, 7) is 3.46. The predicted molar refractivity (Wildman–Crippen MR) is 110 cm³/mol. The molecule has 5 nitrogen and oxygen atoms in total. The number of carbonyl (C=O) groups excluding carboxylic acids is 1. The van der Waals surface area contributed by atoms with Crippen LogP contribution in [0, 0.1) is 0 Å². The van der Waals surface area contributed by atoms with Crippen LogP contribution in [0.5, 0.6) is 0 Å². The van der Waals surface area contributed by atoms with Crippen LogP contribution in [0.4, 0.5) is 5.69 Å². The van der Waals surface area contributed by atoms with Crippen LogP contribution in [-0.4, -0.2) is 20.7 Å². The molecule has 0 saturated carbocycles. The molecule has 0 radical (unpaired) electrons. The van der Waals surface area contributed by atoms with Crippen LogP contribution >= 0.6 is 0 Å². The van der Waals surface area contributed by atoms with Gasteiger partial charge in [-0.3, -0.25) is 9.10 Å². The van der Waals surface area contributed by atoms with Crippen LogP contribution in [0.25, 0.3) is 21.9 Å². The number of sulfonamides is 1. The second kappa shape index (κ2) is 6.80. The number of benzene rings is 3. The third-order valence-corrected chi connectivity index (χ3v) is 6.66. The monoisotopic (exact) mass is 393 g/mol. The van der Waals surface area contributed by atoms with Gasteiger partial charge in [-0.1, -0.05) is 30.3 Å². The molecule has 0 aliphatic heterocycles. The second-order valence-electron chi connectivity index (χ2n) is 6.53. The lowest BCUT2D eigenvalue weighted by atomic mass is 10.1. The Morgan fingerprint density at radius 1 is 0.929 bits per heavy atom. The summed E-state index contributed by atoms with van der Waals surface area (Å²) in [6, 6.07) is 19.1. The summed E-state index contributed by atoms with van der Waals surface area (Å²) in [7, 11) is -3.81. The molecule has 0 bridgehead atoms. The van der Waals surface area contributed by atoms with Crippen LogP contribution in [0.2, 0.25) is 0 Å². The molecule has 0 amide bonds. The van der Waals surface area contributed by atoms with Crippen molar-refractivity contribution in [1.82, 2.24) is 0 Å². The van der Waals surface area contributed by atoms with Crippen molar-refractivity contribution in [3.8, 4) is 0 Å². The highest BCUT2D eigenvalue weighted by Gasteiger charge is 2.25. The van der Waals surface area contributed by atoms with Crippen LogP contribution in [0.3, 0.4) is 0 Å². The van der Waals surface area contributed by atoms with Gasteiger partial charge in [-0.25, -0.2) is 8.42 Å². The summed E-state index contributed by atoms with van der Waals surface area (Å²) in [4.78, 5) is 11.8. The first-order valence-corrected chi connectivity index (χ1v) is 10.4. The molecule has 0 saturated heterocycles. The molecular weight excluding hydrogens is 374 g/mol. The summed E-state index contributed by atoms with van der Waals surface area (Å²) in [5.74, 6) is -0.175. The molecule has 0 aliphatic rings. The fraction of sp³-hybridized carbons (Fsp3) is 0.136. The topological polar surface area (TPSA) is 67.6 Å². The molecule has 4 rings (SSSR count). The van der Waals surface area contributed by atoms with Crippen molar-refractivity contribution in [3.63, 3.8) is 0 Å². The van der Waals surface area contributed by atoms with E-state index in [-0.39, 0.29) is 17.2 Å². The zero-order chi connectivity index (χ0) is 19.9. The molecule has 0 fully saturated rings. The molecule has 3 aromatic carbocycles. The minimum absolute atomic E-state index is 0.0965. The Morgan fingerprint density at radius 2 is 1.68 bits per heavy atom. The highest BCUT2D eigenvalue weighted by atomic mass is 32.2. The highest BCUT2D eigenvalue weighted by Crippen LogP contribution is 2.33. The molecule has 1 aromatic heterocycles. The van der Waals surface area contributed by atoms with E-state index in [2.05, 4.69) is 0 Å². The molecule has 0 spiro atoms. The Kier molecular flexibility index (Phi) is 4.43. The van der Waals surface area contributed by atoms with Gasteiger partial charge in [-0.05, 0) is 50.2 Å².